The molecule has 6 nitrogen and oxygen atoms in total. The highest BCUT2D eigenvalue weighted by Gasteiger charge is 2.31. The number of carbonyl (C=O) groups excluding carboxylic acids is 1. The van der Waals surface area contributed by atoms with Gasteiger partial charge in [0.15, 0.2) is 0 Å². The summed E-state index contributed by atoms with van der Waals surface area (Å²) in [5.74, 6) is 0.0619. The summed E-state index contributed by atoms with van der Waals surface area (Å²) < 4.78 is 1.72. The van der Waals surface area contributed by atoms with Crippen molar-refractivity contribution >= 4 is 17.7 Å². The molecule has 0 bridgehead atoms. The monoisotopic (exact) mass is 423 g/mol. The fourth-order valence-electron chi connectivity index (χ4n) is 3.19. The van der Waals surface area contributed by atoms with Crippen molar-refractivity contribution < 1.29 is 4.79 Å². The second kappa shape index (κ2) is 9.00. The van der Waals surface area contributed by atoms with Gasteiger partial charge in [0.1, 0.15) is 0 Å². The van der Waals surface area contributed by atoms with Crippen LogP contribution in [0.3, 0.4) is 0 Å². The van der Waals surface area contributed by atoms with Crippen molar-refractivity contribution in [3.8, 4) is 5.69 Å². The molecule has 3 rings (SSSR count). The van der Waals surface area contributed by atoms with Crippen LogP contribution in [0.15, 0.2) is 53.7 Å². The van der Waals surface area contributed by atoms with Crippen molar-refractivity contribution in [3.63, 3.8) is 0 Å². The smallest absolute Gasteiger partial charge is 0.236 e. The summed E-state index contributed by atoms with van der Waals surface area (Å²) in [6, 6.07) is 16.2. The van der Waals surface area contributed by atoms with E-state index in [0.29, 0.717) is 11.7 Å². The first-order chi connectivity index (χ1) is 14.2. The summed E-state index contributed by atoms with van der Waals surface area (Å²) in [6.45, 7) is 12.7. The average Bonchev–Trinajstić information content (AvgIpc) is 3.15. The highest BCUT2D eigenvalue weighted by molar-refractivity contribution is 8.00. The number of aryl methyl sites for hydroxylation is 2. The number of hydrogen-bond acceptors (Lipinski definition) is 5. The Morgan fingerprint density at radius 2 is 1.83 bits per heavy atom. The Bertz CT molecular complexity index is 1010. The quantitative estimate of drug-likeness (QED) is 0.543. The maximum atomic E-state index is 13.4. The van der Waals surface area contributed by atoms with Crippen molar-refractivity contribution in [1.82, 2.24) is 25.1 Å². The first kappa shape index (κ1) is 22.0. The van der Waals surface area contributed by atoms with E-state index in [-0.39, 0.29) is 16.7 Å². The molecule has 0 saturated heterocycles. The summed E-state index contributed by atoms with van der Waals surface area (Å²) in [4.78, 5) is 15.3. The Morgan fingerprint density at radius 3 is 2.50 bits per heavy atom. The lowest BCUT2D eigenvalue weighted by Crippen LogP contribution is -2.48. The van der Waals surface area contributed by atoms with Crippen molar-refractivity contribution in [1.29, 1.82) is 0 Å². The van der Waals surface area contributed by atoms with E-state index < -0.39 is 0 Å². The summed E-state index contributed by atoms with van der Waals surface area (Å²) in [7, 11) is 0. The van der Waals surface area contributed by atoms with Crippen molar-refractivity contribution in [2.24, 2.45) is 0 Å². The summed E-state index contributed by atoms with van der Waals surface area (Å²) in [6.07, 6.45) is 0. The van der Waals surface area contributed by atoms with Crippen LogP contribution in [-0.2, 0) is 11.3 Å². The maximum absolute atomic E-state index is 13.4. The SMILES string of the molecule is Cc1ccc(C)c(-n2nnnc2S[C@H](C)C(=O)N(Cc2ccccc2)C(C)(C)C)c1. The molecular formula is C23H29N5OS. The fraction of sp³-hybridized carbons (Fsp3) is 0.391. The van der Waals surface area contributed by atoms with Crippen LogP contribution in [0, 0.1) is 13.8 Å². The van der Waals surface area contributed by atoms with Gasteiger partial charge in [0, 0.05) is 12.1 Å². The standard InChI is InChI=1S/C23H29N5OS/c1-16-12-13-17(2)20(14-16)28-22(24-25-26-28)30-18(3)21(29)27(23(4,5)6)15-19-10-8-7-9-11-19/h7-14,18H,15H2,1-6H3/t18-/m1/s1. The predicted molar refractivity (Wildman–Crippen MR) is 121 cm³/mol. The van der Waals surface area contributed by atoms with Gasteiger partial charge < -0.3 is 4.90 Å². The summed E-state index contributed by atoms with van der Waals surface area (Å²) in [5.41, 5.74) is 3.94. The molecule has 1 atom stereocenters. The zero-order valence-corrected chi connectivity index (χ0v) is 19.3. The molecule has 1 aromatic heterocycles. The molecule has 30 heavy (non-hydrogen) atoms. The third-order valence-electron chi connectivity index (χ3n) is 4.92. The molecule has 0 N–H and O–H groups in total. The van der Waals surface area contributed by atoms with Crippen molar-refractivity contribution in [2.75, 3.05) is 0 Å². The zero-order chi connectivity index (χ0) is 21.9. The molecule has 1 amide bonds. The zero-order valence-electron chi connectivity index (χ0n) is 18.5. The summed E-state index contributed by atoms with van der Waals surface area (Å²) in [5, 5.41) is 12.5. The fourth-order valence-corrected chi connectivity index (χ4v) is 4.05. The average molecular weight is 424 g/mol. The number of aromatic nitrogens is 4. The predicted octanol–water partition coefficient (Wildman–Crippen LogP) is 4.59. The van der Waals surface area contributed by atoms with E-state index in [1.165, 1.54) is 11.8 Å². The van der Waals surface area contributed by atoms with E-state index >= 15 is 0 Å². The minimum absolute atomic E-state index is 0.0619. The van der Waals surface area contributed by atoms with E-state index in [0.717, 1.165) is 22.4 Å². The van der Waals surface area contributed by atoms with E-state index in [1.54, 1.807) is 4.68 Å². The number of thioether (sulfide) groups is 1. The lowest BCUT2D eigenvalue weighted by Gasteiger charge is -2.37. The third-order valence-corrected chi connectivity index (χ3v) is 5.94. The van der Waals surface area contributed by atoms with Crippen LogP contribution in [0.1, 0.15) is 44.4 Å². The van der Waals surface area contributed by atoms with Crippen LogP contribution >= 0.6 is 11.8 Å². The van der Waals surface area contributed by atoms with Gasteiger partial charge in [-0.3, -0.25) is 4.79 Å². The lowest BCUT2D eigenvalue weighted by atomic mass is 10.0. The molecule has 1 heterocycles. The molecule has 0 aliphatic heterocycles. The maximum Gasteiger partial charge on any atom is 0.236 e. The molecule has 0 saturated carbocycles. The first-order valence-electron chi connectivity index (χ1n) is 10.0. The molecular weight excluding hydrogens is 394 g/mol. The largest absolute Gasteiger partial charge is 0.333 e. The molecule has 0 radical (unpaired) electrons. The van der Waals surface area contributed by atoms with Gasteiger partial charge >= 0.3 is 0 Å². The topological polar surface area (TPSA) is 63.9 Å². The van der Waals surface area contributed by atoms with Gasteiger partial charge in [0.2, 0.25) is 11.1 Å². The molecule has 0 aliphatic rings. The van der Waals surface area contributed by atoms with Crippen LogP contribution < -0.4 is 0 Å². The van der Waals surface area contributed by atoms with Gasteiger partial charge in [0.05, 0.1) is 10.9 Å². The van der Waals surface area contributed by atoms with Gasteiger partial charge in [-0.15, -0.1) is 5.10 Å². The molecule has 2 aromatic carbocycles. The van der Waals surface area contributed by atoms with Gasteiger partial charge in [-0.25, -0.2) is 0 Å². The Labute approximate surface area is 182 Å². The summed E-state index contributed by atoms with van der Waals surface area (Å²) >= 11 is 1.39. The normalized spacial score (nSPS) is 12.6. The number of tetrazole rings is 1. The Hall–Kier alpha value is -2.67. The first-order valence-corrected chi connectivity index (χ1v) is 10.9. The number of hydrogen-bond donors (Lipinski definition) is 0. The minimum atomic E-state index is -0.331. The number of rotatable bonds is 6. The molecule has 7 heteroatoms. The van der Waals surface area contributed by atoms with Gasteiger partial charge in [-0.1, -0.05) is 54.2 Å². The second-order valence-corrected chi connectivity index (χ2v) is 9.81. The van der Waals surface area contributed by atoms with E-state index in [4.69, 9.17) is 0 Å². The van der Waals surface area contributed by atoms with E-state index in [1.807, 2.05) is 56.0 Å². The molecule has 158 valence electrons. The molecule has 3 aromatic rings. The van der Waals surface area contributed by atoms with Gasteiger partial charge in [-0.05, 0) is 74.7 Å². The van der Waals surface area contributed by atoms with Gasteiger partial charge in [0.25, 0.3) is 0 Å². The van der Waals surface area contributed by atoms with Crippen LogP contribution in [0.25, 0.3) is 5.69 Å². The number of nitrogens with zero attached hydrogens (tertiary/aromatic N) is 5. The molecule has 0 spiro atoms. The van der Waals surface area contributed by atoms with E-state index in [9.17, 15) is 4.79 Å². The number of benzene rings is 2. The Balaban J connectivity index is 1.83. The third kappa shape index (κ3) is 5.08. The van der Waals surface area contributed by atoms with Crippen LogP contribution in [0.4, 0.5) is 0 Å². The highest BCUT2D eigenvalue weighted by atomic mass is 32.2. The van der Waals surface area contributed by atoms with Gasteiger partial charge in [-0.2, -0.15) is 4.68 Å². The Morgan fingerprint density at radius 1 is 1.13 bits per heavy atom. The lowest BCUT2D eigenvalue weighted by molar-refractivity contribution is -0.135. The Kier molecular flexibility index (Phi) is 6.61. The second-order valence-electron chi connectivity index (χ2n) is 8.50. The van der Waals surface area contributed by atoms with E-state index in [2.05, 4.69) is 54.5 Å². The van der Waals surface area contributed by atoms with Crippen LogP contribution in [0.2, 0.25) is 0 Å². The number of carbonyl (C=O) groups is 1. The highest BCUT2D eigenvalue weighted by Crippen LogP contribution is 2.28. The van der Waals surface area contributed by atoms with Crippen molar-refractivity contribution in [2.45, 2.75) is 64.0 Å². The number of amides is 1. The van der Waals surface area contributed by atoms with Crippen molar-refractivity contribution in [3.05, 3.63) is 65.2 Å². The van der Waals surface area contributed by atoms with Crippen LogP contribution in [-0.4, -0.2) is 41.8 Å². The molecule has 0 fully saturated rings. The van der Waals surface area contributed by atoms with Crippen LogP contribution in [0.5, 0.6) is 0 Å². The molecule has 0 unspecified atom stereocenters. The molecule has 0 aliphatic carbocycles. The minimum Gasteiger partial charge on any atom is -0.333 e.